The fraction of sp³-hybridized carbons (Fsp3) is 0.462. The summed E-state index contributed by atoms with van der Waals surface area (Å²) in [6.45, 7) is 8.95. The van der Waals surface area contributed by atoms with Gasteiger partial charge >= 0.3 is 16.3 Å². The highest BCUT2D eigenvalue weighted by Crippen LogP contribution is 2.29. The highest BCUT2D eigenvalue weighted by molar-refractivity contribution is 7.85. The molecule has 0 aliphatic heterocycles. The fourth-order valence-electron chi connectivity index (χ4n) is 1.84. The minimum atomic E-state index is -4.44. The van der Waals surface area contributed by atoms with Crippen molar-refractivity contribution in [3.63, 3.8) is 0 Å². The first-order chi connectivity index (χ1) is 11.5. The van der Waals surface area contributed by atoms with E-state index in [1.807, 2.05) is 20.8 Å². The molecule has 0 radical (unpaired) electrons. The van der Waals surface area contributed by atoms with Crippen LogP contribution in [0.25, 0.3) is 0 Å². The van der Waals surface area contributed by atoms with Crippen molar-refractivity contribution in [1.29, 1.82) is 0 Å². The van der Waals surface area contributed by atoms with E-state index in [1.165, 1.54) is 0 Å². The lowest BCUT2D eigenvalue weighted by atomic mass is 9.93. The van der Waals surface area contributed by atoms with Crippen LogP contribution in [0.5, 0.6) is 5.88 Å². The Morgan fingerprint density at radius 1 is 1.16 bits per heavy atom. The summed E-state index contributed by atoms with van der Waals surface area (Å²) in [5.41, 5.74) is 1.17. The number of aromatic nitrogens is 4. The molecule has 0 saturated carbocycles. The van der Waals surface area contributed by atoms with E-state index in [0.29, 0.717) is 17.1 Å². The SMILES string of the molecule is Cc1cc(C)nc(NC(=O)NS(=O)(=O)Oc2nsnc2C(C)(C)C)n1. The second-order valence-corrected chi connectivity index (χ2v) is 8.04. The Balaban J connectivity index is 2.08. The Morgan fingerprint density at radius 2 is 1.76 bits per heavy atom. The molecule has 0 unspecified atom stereocenters. The number of urea groups is 1. The number of carbonyl (C=O) groups is 1. The van der Waals surface area contributed by atoms with E-state index in [1.54, 1.807) is 24.6 Å². The summed E-state index contributed by atoms with van der Waals surface area (Å²) in [4.78, 5) is 19.8. The van der Waals surface area contributed by atoms with Gasteiger partial charge in [0.05, 0.1) is 11.7 Å². The predicted octanol–water partition coefficient (Wildman–Crippen LogP) is 1.69. The van der Waals surface area contributed by atoms with Gasteiger partial charge in [-0.15, -0.1) is 4.37 Å². The third kappa shape index (κ3) is 5.32. The third-order valence-electron chi connectivity index (χ3n) is 2.78. The van der Waals surface area contributed by atoms with E-state index in [-0.39, 0.29) is 11.8 Å². The molecular weight excluding hydrogens is 368 g/mol. The van der Waals surface area contributed by atoms with Crippen molar-refractivity contribution in [1.82, 2.24) is 23.4 Å². The summed E-state index contributed by atoms with van der Waals surface area (Å²) in [7, 11) is -4.44. The molecular formula is C13H18N6O4S2. The summed E-state index contributed by atoms with van der Waals surface area (Å²) < 4.78 is 38.4. The van der Waals surface area contributed by atoms with E-state index < -0.39 is 21.8 Å². The molecule has 136 valence electrons. The topological polar surface area (TPSA) is 136 Å². The van der Waals surface area contributed by atoms with Crippen molar-refractivity contribution < 1.29 is 17.4 Å². The number of rotatable bonds is 4. The first-order valence-electron chi connectivity index (χ1n) is 7.15. The van der Waals surface area contributed by atoms with Gasteiger partial charge in [0, 0.05) is 16.8 Å². The molecule has 2 aromatic rings. The number of nitrogens with one attached hydrogen (secondary N) is 2. The highest BCUT2D eigenvalue weighted by atomic mass is 32.2. The largest absolute Gasteiger partial charge is 0.412 e. The number of hydrogen-bond acceptors (Lipinski definition) is 9. The summed E-state index contributed by atoms with van der Waals surface area (Å²) in [5.74, 6) is -0.184. The standard InChI is InChI=1S/C13H18N6O4S2/c1-7-6-8(2)15-11(14-7)16-12(20)19-25(21,22)23-10-9(13(3,4)5)17-24-18-10/h6H,1-5H3,(H2,14,15,16,19,20). The molecule has 12 heteroatoms. The maximum absolute atomic E-state index is 12.0. The zero-order chi connectivity index (χ0) is 18.8. The van der Waals surface area contributed by atoms with Gasteiger partial charge in [-0.05, 0) is 19.9 Å². The lowest BCUT2D eigenvalue weighted by molar-refractivity contribution is 0.255. The molecule has 0 saturated heterocycles. The quantitative estimate of drug-likeness (QED) is 0.810. The van der Waals surface area contributed by atoms with Crippen molar-refractivity contribution in [2.75, 3.05) is 5.32 Å². The zero-order valence-electron chi connectivity index (χ0n) is 14.3. The molecule has 0 fully saturated rings. The van der Waals surface area contributed by atoms with Crippen LogP contribution >= 0.6 is 11.7 Å². The van der Waals surface area contributed by atoms with E-state index in [4.69, 9.17) is 4.18 Å². The molecule has 0 spiro atoms. The number of carbonyl (C=O) groups excluding carboxylic acids is 1. The van der Waals surface area contributed by atoms with Crippen LogP contribution in [0.4, 0.5) is 10.7 Å². The second kappa shape index (κ2) is 6.88. The first kappa shape index (κ1) is 19.0. The molecule has 2 amide bonds. The lowest BCUT2D eigenvalue weighted by Crippen LogP contribution is -2.38. The van der Waals surface area contributed by atoms with Crippen LogP contribution in [0, 0.1) is 13.8 Å². The first-order valence-corrected chi connectivity index (χ1v) is 9.29. The third-order valence-corrected chi connectivity index (χ3v) is 4.11. The van der Waals surface area contributed by atoms with Crippen LogP contribution in [0.3, 0.4) is 0 Å². The predicted molar refractivity (Wildman–Crippen MR) is 91.8 cm³/mol. The fourth-order valence-corrected chi connectivity index (χ4v) is 3.20. The van der Waals surface area contributed by atoms with Crippen LogP contribution in [-0.4, -0.2) is 33.2 Å². The highest BCUT2D eigenvalue weighted by Gasteiger charge is 2.28. The van der Waals surface area contributed by atoms with Crippen molar-refractivity contribution in [2.24, 2.45) is 0 Å². The van der Waals surface area contributed by atoms with Crippen LogP contribution in [0.2, 0.25) is 0 Å². The summed E-state index contributed by atoms with van der Waals surface area (Å²) in [5, 5.41) is 2.24. The summed E-state index contributed by atoms with van der Waals surface area (Å²) in [6.07, 6.45) is 0. The zero-order valence-corrected chi connectivity index (χ0v) is 15.9. The van der Waals surface area contributed by atoms with Gasteiger partial charge in [-0.25, -0.2) is 19.5 Å². The molecule has 0 aromatic carbocycles. The molecule has 0 atom stereocenters. The number of nitrogens with zero attached hydrogens (tertiary/aromatic N) is 4. The van der Waals surface area contributed by atoms with Gasteiger partial charge < -0.3 is 4.18 Å². The molecule has 0 aliphatic carbocycles. The normalized spacial score (nSPS) is 11.9. The van der Waals surface area contributed by atoms with Crippen molar-refractivity contribution in [2.45, 2.75) is 40.0 Å². The molecule has 2 heterocycles. The van der Waals surface area contributed by atoms with E-state index >= 15 is 0 Å². The van der Waals surface area contributed by atoms with Gasteiger partial charge in [0.1, 0.15) is 5.69 Å². The van der Waals surface area contributed by atoms with Gasteiger partial charge in [0.25, 0.3) is 5.88 Å². The molecule has 25 heavy (non-hydrogen) atoms. The number of hydrogen-bond donors (Lipinski definition) is 2. The Labute approximate surface area is 149 Å². The molecule has 2 rings (SSSR count). The van der Waals surface area contributed by atoms with Gasteiger partial charge in [-0.2, -0.15) is 12.8 Å². The number of anilines is 1. The average molecular weight is 386 g/mol. The monoisotopic (exact) mass is 386 g/mol. The van der Waals surface area contributed by atoms with Crippen molar-refractivity contribution in [3.8, 4) is 5.88 Å². The average Bonchev–Trinajstić information content (AvgIpc) is 2.83. The Bertz CT molecular complexity index is 868. The number of aryl methyl sites for hydroxylation is 2. The van der Waals surface area contributed by atoms with Gasteiger partial charge in [0.2, 0.25) is 5.95 Å². The van der Waals surface area contributed by atoms with E-state index in [2.05, 4.69) is 24.0 Å². The summed E-state index contributed by atoms with van der Waals surface area (Å²) in [6, 6.07) is 0.664. The lowest BCUT2D eigenvalue weighted by Gasteiger charge is -2.16. The van der Waals surface area contributed by atoms with Gasteiger partial charge in [-0.1, -0.05) is 20.8 Å². The minimum Gasteiger partial charge on any atom is -0.343 e. The van der Waals surface area contributed by atoms with Crippen LogP contribution in [-0.2, 0) is 15.7 Å². The minimum absolute atomic E-state index is 0.0177. The Hall–Kier alpha value is -2.34. The van der Waals surface area contributed by atoms with Gasteiger partial charge in [0.15, 0.2) is 0 Å². The maximum atomic E-state index is 12.0. The Morgan fingerprint density at radius 3 is 2.32 bits per heavy atom. The van der Waals surface area contributed by atoms with Crippen LogP contribution in [0.15, 0.2) is 6.07 Å². The van der Waals surface area contributed by atoms with E-state index in [9.17, 15) is 13.2 Å². The van der Waals surface area contributed by atoms with Crippen molar-refractivity contribution >= 4 is 34.0 Å². The molecule has 0 bridgehead atoms. The molecule has 0 aliphatic rings. The van der Waals surface area contributed by atoms with Crippen LogP contribution in [0.1, 0.15) is 37.9 Å². The summed E-state index contributed by atoms with van der Waals surface area (Å²) >= 11 is 0.821. The van der Waals surface area contributed by atoms with Crippen LogP contribution < -0.4 is 14.2 Å². The number of amides is 2. The second-order valence-electron chi connectivity index (χ2n) is 6.24. The smallest absolute Gasteiger partial charge is 0.343 e. The van der Waals surface area contributed by atoms with E-state index in [0.717, 1.165) is 11.7 Å². The maximum Gasteiger partial charge on any atom is 0.412 e. The molecule has 2 aromatic heterocycles. The Kier molecular flexibility index (Phi) is 5.23. The van der Waals surface area contributed by atoms with Gasteiger partial charge in [-0.3, -0.25) is 5.32 Å². The molecule has 2 N–H and O–H groups in total. The van der Waals surface area contributed by atoms with Crippen molar-refractivity contribution in [3.05, 3.63) is 23.1 Å². The molecule has 10 nitrogen and oxygen atoms in total.